The lowest BCUT2D eigenvalue weighted by Crippen LogP contribution is -2.33. The number of nitrogens with two attached hydrogens (primary N) is 1. The molecule has 2 aliphatic rings. The Labute approximate surface area is 156 Å². The summed E-state index contributed by atoms with van der Waals surface area (Å²) in [6, 6.07) is 0.100. The Hall–Kier alpha value is -3.13. The van der Waals surface area contributed by atoms with Crippen molar-refractivity contribution in [2.24, 2.45) is 5.73 Å². The summed E-state index contributed by atoms with van der Waals surface area (Å²) in [5.74, 6) is -1.55. The SMILES string of the molecule is CCOC1=C2C=c3c(cnn3CC(C)N)=C2CC=C1.O=C(O)C=CC(=O)O. The van der Waals surface area contributed by atoms with E-state index in [1.807, 2.05) is 24.7 Å². The van der Waals surface area contributed by atoms with Gasteiger partial charge in [0.1, 0.15) is 5.76 Å². The maximum Gasteiger partial charge on any atom is 0.328 e. The van der Waals surface area contributed by atoms with E-state index < -0.39 is 11.9 Å². The van der Waals surface area contributed by atoms with Crippen molar-refractivity contribution in [2.75, 3.05) is 6.61 Å². The molecule has 0 bridgehead atoms. The van der Waals surface area contributed by atoms with Gasteiger partial charge in [-0.1, -0.05) is 6.08 Å². The molecule has 8 nitrogen and oxygen atoms in total. The fourth-order valence-corrected chi connectivity index (χ4v) is 2.80. The third-order valence-electron chi connectivity index (χ3n) is 3.80. The molecule has 1 unspecified atom stereocenters. The molecule has 1 aromatic heterocycles. The minimum absolute atomic E-state index is 0.100. The van der Waals surface area contributed by atoms with Crippen molar-refractivity contribution in [1.82, 2.24) is 9.78 Å². The molecule has 1 heterocycles. The Balaban J connectivity index is 0.000000279. The largest absolute Gasteiger partial charge is 0.493 e. The normalized spacial score (nSPS) is 15.6. The second-order valence-corrected chi connectivity index (χ2v) is 6.05. The molecular weight excluding hydrogens is 350 g/mol. The fourth-order valence-electron chi connectivity index (χ4n) is 2.80. The van der Waals surface area contributed by atoms with Crippen LogP contribution in [0.5, 0.6) is 0 Å². The van der Waals surface area contributed by atoms with E-state index in [1.54, 1.807) is 0 Å². The van der Waals surface area contributed by atoms with Crippen LogP contribution in [0.1, 0.15) is 20.3 Å². The van der Waals surface area contributed by atoms with Crippen molar-refractivity contribution >= 4 is 23.6 Å². The molecule has 0 radical (unpaired) electrons. The number of carboxylic acid groups (broad SMARTS) is 2. The molecule has 0 aromatic carbocycles. The Kier molecular flexibility index (Phi) is 6.73. The average molecular weight is 373 g/mol. The lowest BCUT2D eigenvalue weighted by molar-refractivity contribution is -0.134. The van der Waals surface area contributed by atoms with Crippen LogP contribution in [0.2, 0.25) is 0 Å². The van der Waals surface area contributed by atoms with E-state index in [2.05, 4.69) is 23.3 Å². The van der Waals surface area contributed by atoms with Gasteiger partial charge in [-0.25, -0.2) is 9.59 Å². The van der Waals surface area contributed by atoms with Crippen LogP contribution in [0, 0.1) is 0 Å². The summed E-state index contributed by atoms with van der Waals surface area (Å²) < 4.78 is 7.69. The highest BCUT2D eigenvalue weighted by Gasteiger charge is 2.20. The van der Waals surface area contributed by atoms with Gasteiger partial charge >= 0.3 is 11.9 Å². The summed E-state index contributed by atoms with van der Waals surface area (Å²) >= 11 is 0. The number of ether oxygens (including phenoxy) is 1. The highest BCUT2D eigenvalue weighted by Crippen LogP contribution is 2.28. The Morgan fingerprint density at radius 2 is 2.04 bits per heavy atom. The Morgan fingerprint density at radius 3 is 2.59 bits per heavy atom. The molecule has 144 valence electrons. The van der Waals surface area contributed by atoms with Crippen molar-refractivity contribution in [3.63, 3.8) is 0 Å². The van der Waals surface area contributed by atoms with E-state index in [9.17, 15) is 9.59 Å². The van der Waals surface area contributed by atoms with Gasteiger partial charge in [-0.3, -0.25) is 4.68 Å². The fraction of sp³-hybridized carbons (Fsp3) is 0.316. The first-order valence-electron chi connectivity index (χ1n) is 8.53. The van der Waals surface area contributed by atoms with E-state index in [4.69, 9.17) is 20.7 Å². The lowest BCUT2D eigenvalue weighted by atomic mass is 9.99. The number of hydrogen-bond donors (Lipinski definition) is 3. The van der Waals surface area contributed by atoms with Crippen LogP contribution < -0.4 is 16.3 Å². The van der Waals surface area contributed by atoms with Gasteiger partial charge in [0.05, 0.1) is 24.7 Å². The second-order valence-electron chi connectivity index (χ2n) is 6.05. The highest BCUT2D eigenvalue weighted by atomic mass is 16.5. The van der Waals surface area contributed by atoms with Gasteiger partial charge in [0.2, 0.25) is 0 Å². The zero-order chi connectivity index (χ0) is 20.0. The minimum atomic E-state index is -1.26. The molecule has 1 atom stereocenters. The van der Waals surface area contributed by atoms with E-state index >= 15 is 0 Å². The number of hydrogen-bond acceptors (Lipinski definition) is 5. The van der Waals surface area contributed by atoms with E-state index in [0.29, 0.717) is 18.8 Å². The number of rotatable bonds is 6. The first kappa shape index (κ1) is 20.2. The number of fused-ring (bicyclic) bond motifs is 2. The number of carbonyl (C=O) groups is 2. The molecule has 4 N–H and O–H groups in total. The molecule has 2 aliphatic carbocycles. The van der Waals surface area contributed by atoms with Crippen molar-refractivity contribution < 1.29 is 24.5 Å². The molecule has 0 amide bonds. The zero-order valence-corrected chi connectivity index (χ0v) is 15.3. The number of carboxylic acids is 2. The smallest absolute Gasteiger partial charge is 0.328 e. The standard InChI is InChI=1S/C15H19N3O.C4H4O4/c1-3-19-15-6-4-5-11-12(15)7-14-13(11)8-17-18(14)9-10(2)16;5-3(6)1-2-4(7)8/h4,6-8,10H,3,5,9,16H2,1-2H3;1-2H,(H,5,6)(H,7,8). The average Bonchev–Trinajstić information content (AvgIpc) is 3.14. The molecule has 0 saturated carbocycles. The maximum absolute atomic E-state index is 9.55. The summed E-state index contributed by atoms with van der Waals surface area (Å²) in [7, 11) is 0. The lowest BCUT2D eigenvalue weighted by Gasteiger charge is -2.14. The Morgan fingerprint density at radius 1 is 1.37 bits per heavy atom. The van der Waals surface area contributed by atoms with Crippen molar-refractivity contribution in [3.8, 4) is 0 Å². The van der Waals surface area contributed by atoms with Crippen LogP contribution in [0.25, 0.3) is 11.6 Å². The Bertz CT molecular complexity index is 919. The summed E-state index contributed by atoms with van der Waals surface area (Å²) in [5, 5.41) is 22.4. The number of aliphatic carboxylic acids is 2. The van der Waals surface area contributed by atoms with Crippen LogP contribution in [0.4, 0.5) is 0 Å². The van der Waals surface area contributed by atoms with Gasteiger partial charge in [0, 0.05) is 29.0 Å². The quantitative estimate of drug-likeness (QED) is 0.605. The number of nitrogens with zero attached hydrogens (tertiary/aromatic N) is 2. The van der Waals surface area contributed by atoms with Crippen molar-refractivity contribution in [3.05, 3.63) is 52.4 Å². The third kappa shape index (κ3) is 5.18. The molecule has 8 heteroatoms. The second kappa shape index (κ2) is 9.00. The van der Waals surface area contributed by atoms with Gasteiger partial charge < -0.3 is 20.7 Å². The van der Waals surface area contributed by atoms with Crippen LogP contribution in [-0.4, -0.2) is 44.6 Å². The number of allylic oxidation sites excluding steroid dienone is 3. The molecule has 0 fully saturated rings. The first-order valence-corrected chi connectivity index (χ1v) is 8.53. The molecule has 27 heavy (non-hydrogen) atoms. The highest BCUT2D eigenvalue weighted by molar-refractivity contribution is 5.89. The molecule has 1 aromatic rings. The van der Waals surface area contributed by atoms with Gasteiger partial charge in [-0.05, 0) is 38.0 Å². The summed E-state index contributed by atoms with van der Waals surface area (Å²) in [4.78, 5) is 19.1. The van der Waals surface area contributed by atoms with E-state index in [1.165, 1.54) is 16.4 Å². The van der Waals surface area contributed by atoms with E-state index in [0.717, 1.165) is 24.1 Å². The summed E-state index contributed by atoms with van der Waals surface area (Å²) in [6.07, 6.45) is 10.4. The molecule has 3 rings (SSSR count). The maximum atomic E-state index is 9.55. The van der Waals surface area contributed by atoms with Crippen molar-refractivity contribution in [2.45, 2.75) is 32.9 Å². The van der Waals surface area contributed by atoms with Crippen LogP contribution in [0.15, 0.2) is 41.8 Å². The molecule has 0 aliphatic heterocycles. The van der Waals surface area contributed by atoms with Crippen LogP contribution >= 0.6 is 0 Å². The van der Waals surface area contributed by atoms with Gasteiger partial charge in [0.15, 0.2) is 0 Å². The molecule has 0 saturated heterocycles. The number of aromatic nitrogens is 2. The molecule has 0 spiro atoms. The monoisotopic (exact) mass is 373 g/mol. The first-order chi connectivity index (χ1) is 12.8. The third-order valence-corrected chi connectivity index (χ3v) is 3.80. The van der Waals surface area contributed by atoms with Crippen molar-refractivity contribution in [1.29, 1.82) is 0 Å². The van der Waals surface area contributed by atoms with Crippen LogP contribution in [-0.2, 0) is 20.9 Å². The predicted octanol–water partition coefficient (Wildman–Crippen LogP) is 0.137. The topological polar surface area (TPSA) is 128 Å². The minimum Gasteiger partial charge on any atom is -0.493 e. The zero-order valence-electron chi connectivity index (χ0n) is 15.3. The summed E-state index contributed by atoms with van der Waals surface area (Å²) in [6.45, 7) is 5.43. The van der Waals surface area contributed by atoms with Gasteiger partial charge in [0.25, 0.3) is 0 Å². The van der Waals surface area contributed by atoms with E-state index in [-0.39, 0.29) is 6.04 Å². The van der Waals surface area contributed by atoms with Gasteiger partial charge in [-0.15, -0.1) is 0 Å². The van der Waals surface area contributed by atoms with Gasteiger partial charge in [-0.2, -0.15) is 5.10 Å². The van der Waals surface area contributed by atoms with Crippen LogP contribution in [0.3, 0.4) is 0 Å². The molecular formula is C19H23N3O5. The predicted molar refractivity (Wildman–Crippen MR) is 99.8 cm³/mol. The summed E-state index contributed by atoms with van der Waals surface area (Å²) in [5.41, 5.74) is 8.39.